The lowest BCUT2D eigenvalue weighted by Crippen LogP contribution is -2.00. The molecular weight excluding hydrogens is 242 g/mol. The van der Waals surface area contributed by atoms with Crippen LogP contribution in [-0.2, 0) is 6.54 Å². The normalized spacial score (nSPS) is 10.7. The molecule has 0 aliphatic carbocycles. The van der Waals surface area contributed by atoms with Gasteiger partial charge in [0.25, 0.3) is 0 Å². The van der Waals surface area contributed by atoms with Crippen molar-refractivity contribution in [2.24, 2.45) is 0 Å². The first-order valence-corrected chi connectivity index (χ1v) is 6.68. The molecule has 2 heterocycles. The van der Waals surface area contributed by atoms with Crippen LogP contribution in [0, 0.1) is 6.92 Å². The predicted molar refractivity (Wildman–Crippen MR) is 73.6 cm³/mol. The Kier molecular flexibility index (Phi) is 2.94. The van der Waals surface area contributed by atoms with Gasteiger partial charge in [-0.2, -0.15) is 0 Å². The Bertz CT molecular complexity index is 641. The number of thiophene rings is 1. The van der Waals surface area contributed by atoms with Gasteiger partial charge in [0, 0.05) is 0 Å². The van der Waals surface area contributed by atoms with Crippen LogP contribution in [0.2, 0.25) is 0 Å². The Morgan fingerprint density at radius 3 is 2.94 bits per heavy atom. The van der Waals surface area contributed by atoms with E-state index in [1.807, 2.05) is 6.07 Å². The van der Waals surface area contributed by atoms with E-state index in [0.29, 0.717) is 0 Å². The average molecular weight is 255 g/mol. The highest BCUT2D eigenvalue weighted by Gasteiger charge is 2.08. The van der Waals surface area contributed by atoms with Crippen molar-refractivity contribution in [1.82, 2.24) is 14.8 Å². The van der Waals surface area contributed by atoms with E-state index in [9.17, 15) is 0 Å². The third-order valence-corrected chi connectivity index (χ3v) is 3.66. The van der Waals surface area contributed by atoms with E-state index >= 15 is 0 Å². The van der Waals surface area contributed by atoms with Gasteiger partial charge in [-0.1, -0.05) is 35.9 Å². The number of aromatic nitrogens is 3. The highest BCUT2D eigenvalue weighted by molar-refractivity contribution is 7.13. The molecule has 18 heavy (non-hydrogen) atoms. The molecule has 3 nitrogen and oxygen atoms in total. The fraction of sp³-hybridized carbons (Fsp3) is 0.143. The fourth-order valence-corrected chi connectivity index (χ4v) is 2.70. The quantitative estimate of drug-likeness (QED) is 0.718. The lowest BCUT2D eigenvalue weighted by atomic mass is 10.1. The fourth-order valence-electron chi connectivity index (χ4n) is 1.97. The second-order valence-electron chi connectivity index (χ2n) is 4.25. The van der Waals surface area contributed by atoms with Gasteiger partial charge < -0.3 is 4.57 Å². The Hall–Kier alpha value is -1.94. The third-order valence-electron chi connectivity index (χ3n) is 2.79. The van der Waals surface area contributed by atoms with E-state index < -0.39 is 0 Å². The molecule has 0 fully saturated rings. The number of hydrogen-bond donors (Lipinski definition) is 0. The van der Waals surface area contributed by atoms with Crippen molar-refractivity contribution in [3.8, 4) is 10.7 Å². The summed E-state index contributed by atoms with van der Waals surface area (Å²) in [5.41, 5.74) is 2.55. The molecule has 0 N–H and O–H groups in total. The molecule has 0 unspecified atom stereocenters. The topological polar surface area (TPSA) is 30.7 Å². The summed E-state index contributed by atoms with van der Waals surface area (Å²) in [6.45, 7) is 2.91. The van der Waals surface area contributed by atoms with E-state index in [-0.39, 0.29) is 0 Å². The largest absolute Gasteiger partial charge is 0.308 e. The first-order valence-electron chi connectivity index (χ1n) is 5.80. The summed E-state index contributed by atoms with van der Waals surface area (Å²) in [5, 5.41) is 10.3. The van der Waals surface area contributed by atoms with Crippen LogP contribution in [0.1, 0.15) is 11.1 Å². The van der Waals surface area contributed by atoms with Gasteiger partial charge in [0.2, 0.25) is 0 Å². The van der Waals surface area contributed by atoms with Crippen LogP contribution in [0.3, 0.4) is 0 Å². The van der Waals surface area contributed by atoms with Gasteiger partial charge in [-0.05, 0) is 23.9 Å². The Labute approximate surface area is 110 Å². The molecule has 1 aromatic carbocycles. The maximum atomic E-state index is 4.20. The van der Waals surface area contributed by atoms with Crippen LogP contribution in [0.4, 0.5) is 0 Å². The van der Waals surface area contributed by atoms with Crippen LogP contribution in [-0.4, -0.2) is 14.8 Å². The molecule has 0 amide bonds. The highest BCUT2D eigenvalue weighted by atomic mass is 32.1. The second kappa shape index (κ2) is 4.74. The molecule has 0 radical (unpaired) electrons. The van der Waals surface area contributed by atoms with Gasteiger partial charge in [-0.25, -0.2) is 0 Å². The Morgan fingerprint density at radius 1 is 1.22 bits per heavy atom. The van der Waals surface area contributed by atoms with Crippen LogP contribution >= 0.6 is 11.3 Å². The summed E-state index contributed by atoms with van der Waals surface area (Å²) in [5.74, 6) is 0.937. The van der Waals surface area contributed by atoms with Gasteiger partial charge in [-0.15, -0.1) is 21.5 Å². The van der Waals surface area contributed by atoms with Crippen molar-refractivity contribution in [1.29, 1.82) is 0 Å². The first kappa shape index (κ1) is 11.2. The summed E-state index contributed by atoms with van der Waals surface area (Å²) >= 11 is 1.69. The van der Waals surface area contributed by atoms with Crippen molar-refractivity contribution in [3.05, 3.63) is 59.2 Å². The van der Waals surface area contributed by atoms with Gasteiger partial charge >= 0.3 is 0 Å². The maximum absolute atomic E-state index is 4.20. The summed E-state index contributed by atoms with van der Waals surface area (Å²) in [4.78, 5) is 1.15. The molecule has 0 saturated carbocycles. The summed E-state index contributed by atoms with van der Waals surface area (Å²) in [6.07, 6.45) is 1.79. The number of benzene rings is 1. The van der Waals surface area contributed by atoms with Gasteiger partial charge in [0.15, 0.2) is 5.82 Å². The second-order valence-corrected chi connectivity index (χ2v) is 5.20. The third kappa shape index (κ3) is 2.19. The van der Waals surface area contributed by atoms with E-state index in [4.69, 9.17) is 0 Å². The summed E-state index contributed by atoms with van der Waals surface area (Å²) in [6, 6.07) is 12.6. The number of nitrogens with zero attached hydrogens (tertiary/aromatic N) is 3. The van der Waals surface area contributed by atoms with E-state index in [0.717, 1.165) is 17.2 Å². The molecule has 4 heteroatoms. The van der Waals surface area contributed by atoms with Crippen LogP contribution < -0.4 is 0 Å². The van der Waals surface area contributed by atoms with Gasteiger partial charge in [0.1, 0.15) is 6.33 Å². The molecule has 0 bridgehead atoms. The molecule has 0 aliphatic heterocycles. The molecule has 3 rings (SSSR count). The van der Waals surface area contributed by atoms with Crippen molar-refractivity contribution in [3.63, 3.8) is 0 Å². The molecule has 0 atom stereocenters. The Morgan fingerprint density at radius 2 is 2.17 bits per heavy atom. The molecule has 2 aromatic heterocycles. The van der Waals surface area contributed by atoms with E-state index in [2.05, 4.69) is 57.4 Å². The molecule has 3 aromatic rings. The standard InChI is InChI=1S/C14H13N3S/c1-11-4-2-5-12(8-11)9-17-10-15-16-14(17)13-6-3-7-18-13/h2-8,10H,9H2,1H3. The minimum absolute atomic E-state index is 0.807. The monoisotopic (exact) mass is 255 g/mol. The van der Waals surface area contributed by atoms with Crippen molar-refractivity contribution in [2.75, 3.05) is 0 Å². The number of aryl methyl sites for hydroxylation is 1. The van der Waals surface area contributed by atoms with Crippen LogP contribution in [0.25, 0.3) is 10.7 Å². The molecule has 90 valence electrons. The zero-order valence-electron chi connectivity index (χ0n) is 10.1. The Balaban J connectivity index is 1.92. The van der Waals surface area contributed by atoms with Crippen LogP contribution in [0.15, 0.2) is 48.1 Å². The lowest BCUT2D eigenvalue weighted by Gasteiger charge is -2.06. The van der Waals surface area contributed by atoms with E-state index in [1.165, 1.54) is 11.1 Å². The molecule has 0 saturated heterocycles. The van der Waals surface area contributed by atoms with Crippen LogP contribution in [0.5, 0.6) is 0 Å². The van der Waals surface area contributed by atoms with Crippen molar-refractivity contribution < 1.29 is 0 Å². The van der Waals surface area contributed by atoms with Gasteiger partial charge in [-0.3, -0.25) is 0 Å². The smallest absolute Gasteiger partial charge is 0.174 e. The summed E-state index contributed by atoms with van der Waals surface area (Å²) in [7, 11) is 0. The van der Waals surface area contributed by atoms with E-state index in [1.54, 1.807) is 17.7 Å². The minimum atomic E-state index is 0.807. The zero-order chi connectivity index (χ0) is 12.4. The zero-order valence-corrected chi connectivity index (χ0v) is 10.9. The molecule has 0 aliphatic rings. The minimum Gasteiger partial charge on any atom is -0.308 e. The number of rotatable bonds is 3. The molecule has 0 spiro atoms. The SMILES string of the molecule is Cc1cccc(Cn2cnnc2-c2cccs2)c1. The van der Waals surface area contributed by atoms with Gasteiger partial charge in [0.05, 0.1) is 11.4 Å². The van der Waals surface area contributed by atoms with Crippen molar-refractivity contribution >= 4 is 11.3 Å². The predicted octanol–water partition coefficient (Wildman–Crippen LogP) is 3.36. The maximum Gasteiger partial charge on any atom is 0.174 e. The molecular formula is C14H13N3S. The first-order chi connectivity index (χ1) is 8.83. The summed E-state index contributed by atoms with van der Waals surface area (Å²) < 4.78 is 2.08. The highest BCUT2D eigenvalue weighted by Crippen LogP contribution is 2.22. The number of hydrogen-bond acceptors (Lipinski definition) is 3. The van der Waals surface area contributed by atoms with Crippen molar-refractivity contribution in [2.45, 2.75) is 13.5 Å². The lowest BCUT2D eigenvalue weighted by molar-refractivity contribution is 0.803. The average Bonchev–Trinajstić information content (AvgIpc) is 2.98.